The molecule has 0 N–H and O–H groups in total. The van der Waals surface area contributed by atoms with Crippen LogP contribution in [0.15, 0.2) is 24.3 Å². The molecule has 1 fully saturated rings. The van der Waals surface area contributed by atoms with Crippen LogP contribution in [-0.4, -0.2) is 54.9 Å². The van der Waals surface area contributed by atoms with Gasteiger partial charge in [-0.05, 0) is 37.1 Å². The number of hydrogen-bond donors (Lipinski definition) is 0. The van der Waals surface area contributed by atoms with Crippen LogP contribution in [0, 0.1) is 0 Å². The van der Waals surface area contributed by atoms with E-state index in [1.54, 1.807) is 17.0 Å². The summed E-state index contributed by atoms with van der Waals surface area (Å²) in [4.78, 5) is 26.3. The van der Waals surface area contributed by atoms with Crippen molar-refractivity contribution in [2.75, 3.05) is 32.7 Å². The maximum absolute atomic E-state index is 12.1. The number of unbranched alkanes of at least 4 members (excludes halogenated alkanes) is 2. The molecule has 0 bridgehead atoms. The summed E-state index contributed by atoms with van der Waals surface area (Å²) < 4.78 is 5.34. The van der Waals surface area contributed by atoms with Crippen LogP contribution in [0.5, 0.6) is 0 Å². The lowest BCUT2D eigenvalue weighted by Crippen LogP contribution is -2.48. The number of ether oxygens (including phenoxy) is 1. The molecular formula is C17H22ClN2O3. The molecule has 1 aliphatic rings. The number of carbonyl (C=O) groups excluding carboxylic acids is 2. The van der Waals surface area contributed by atoms with E-state index < -0.39 is 0 Å². The molecule has 5 nitrogen and oxygen atoms in total. The van der Waals surface area contributed by atoms with E-state index in [2.05, 4.69) is 4.90 Å². The maximum Gasteiger partial charge on any atom is 0.410 e. The van der Waals surface area contributed by atoms with Gasteiger partial charge in [0.05, 0.1) is 0 Å². The van der Waals surface area contributed by atoms with Crippen molar-refractivity contribution >= 4 is 24.0 Å². The van der Waals surface area contributed by atoms with Crippen LogP contribution >= 0.6 is 11.6 Å². The number of amides is 1. The molecule has 1 radical (unpaired) electrons. The fourth-order valence-electron chi connectivity index (χ4n) is 2.55. The van der Waals surface area contributed by atoms with Gasteiger partial charge in [-0.2, -0.15) is 0 Å². The molecule has 1 aromatic carbocycles. The fourth-order valence-corrected chi connectivity index (χ4v) is 2.76. The summed E-state index contributed by atoms with van der Waals surface area (Å²) in [7, 11) is 0. The van der Waals surface area contributed by atoms with E-state index in [1.165, 1.54) is 0 Å². The Morgan fingerprint density at radius 2 is 2.00 bits per heavy atom. The highest BCUT2D eigenvalue weighted by molar-refractivity contribution is 6.30. The molecule has 0 saturated carbocycles. The van der Waals surface area contributed by atoms with E-state index in [0.29, 0.717) is 24.5 Å². The van der Waals surface area contributed by atoms with Crippen LogP contribution in [0.4, 0.5) is 4.79 Å². The third-order valence-electron chi connectivity index (χ3n) is 3.89. The molecule has 1 saturated heterocycles. The van der Waals surface area contributed by atoms with Gasteiger partial charge in [-0.1, -0.05) is 23.7 Å². The third-order valence-corrected chi connectivity index (χ3v) is 4.12. The van der Waals surface area contributed by atoms with Gasteiger partial charge in [0.15, 0.2) is 6.29 Å². The molecule has 0 aliphatic carbocycles. The summed E-state index contributed by atoms with van der Waals surface area (Å²) in [5, 5.41) is 0.638. The molecule has 0 unspecified atom stereocenters. The van der Waals surface area contributed by atoms with E-state index in [4.69, 9.17) is 16.3 Å². The molecule has 6 heteroatoms. The quantitative estimate of drug-likeness (QED) is 0.718. The van der Waals surface area contributed by atoms with Crippen LogP contribution in [0.1, 0.15) is 24.8 Å². The number of hydrogen-bond acceptors (Lipinski definition) is 4. The second-order valence-corrected chi connectivity index (χ2v) is 6.05. The predicted molar refractivity (Wildman–Crippen MR) is 89.2 cm³/mol. The highest BCUT2D eigenvalue weighted by atomic mass is 35.5. The van der Waals surface area contributed by atoms with E-state index >= 15 is 0 Å². The van der Waals surface area contributed by atoms with Gasteiger partial charge < -0.3 is 9.64 Å². The Hall–Kier alpha value is -1.59. The summed E-state index contributed by atoms with van der Waals surface area (Å²) in [6.07, 6.45) is 4.02. The van der Waals surface area contributed by atoms with Gasteiger partial charge in [-0.15, -0.1) is 0 Å². The first-order valence-electron chi connectivity index (χ1n) is 7.92. The van der Waals surface area contributed by atoms with Crippen molar-refractivity contribution in [1.29, 1.82) is 0 Å². The van der Waals surface area contributed by atoms with Gasteiger partial charge in [0.25, 0.3) is 0 Å². The molecule has 125 valence electrons. The second-order valence-electron chi connectivity index (χ2n) is 5.61. The normalized spacial score (nSPS) is 15.4. The average molecular weight is 338 g/mol. The van der Waals surface area contributed by atoms with Crippen molar-refractivity contribution in [3.05, 3.63) is 34.9 Å². The zero-order valence-corrected chi connectivity index (χ0v) is 13.9. The lowest BCUT2D eigenvalue weighted by molar-refractivity contribution is 0.0713. The van der Waals surface area contributed by atoms with E-state index in [-0.39, 0.29) is 12.7 Å². The SMILES string of the molecule is O=[C]CCCCN1CCN(C(=O)OCc2cccc(Cl)c2)CC1. The fraction of sp³-hybridized carbons (Fsp3) is 0.529. The van der Waals surface area contributed by atoms with Crippen molar-refractivity contribution < 1.29 is 14.3 Å². The van der Waals surface area contributed by atoms with Gasteiger partial charge in [0.1, 0.15) is 6.61 Å². The molecule has 0 spiro atoms. The topological polar surface area (TPSA) is 49.9 Å². The minimum atomic E-state index is -0.278. The van der Waals surface area contributed by atoms with E-state index in [0.717, 1.165) is 38.0 Å². The first-order valence-corrected chi connectivity index (χ1v) is 8.30. The summed E-state index contributed by atoms with van der Waals surface area (Å²) in [6, 6.07) is 7.31. The van der Waals surface area contributed by atoms with Gasteiger partial charge in [0.2, 0.25) is 0 Å². The Kier molecular flexibility index (Phi) is 7.36. The van der Waals surface area contributed by atoms with Crippen molar-refractivity contribution in [2.24, 2.45) is 0 Å². The molecule has 1 aliphatic heterocycles. The largest absolute Gasteiger partial charge is 0.445 e. The molecule has 1 heterocycles. The Balaban J connectivity index is 1.66. The molecule has 2 rings (SSSR count). The Labute approximate surface area is 142 Å². The number of halogens is 1. The van der Waals surface area contributed by atoms with Crippen molar-refractivity contribution in [2.45, 2.75) is 25.9 Å². The summed E-state index contributed by atoms with van der Waals surface area (Å²) in [5.41, 5.74) is 0.886. The molecule has 23 heavy (non-hydrogen) atoms. The average Bonchev–Trinajstić information content (AvgIpc) is 2.57. The second kappa shape index (κ2) is 9.53. The Morgan fingerprint density at radius 1 is 1.22 bits per heavy atom. The van der Waals surface area contributed by atoms with Crippen molar-refractivity contribution in [3.63, 3.8) is 0 Å². The standard InChI is InChI=1S/C17H22ClN2O3/c18-16-6-4-5-15(13-16)14-23-17(22)20-10-8-19(9-11-20)7-2-1-3-12-21/h4-6,13H,1-3,7-11,14H2. The Morgan fingerprint density at radius 3 is 2.70 bits per heavy atom. The van der Waals surface area contributed by atoms with Gasteiger partial charge in [-0.3, -0.25) is 9.69 Å². The molecular weight excluding hydrogens is 316 g/mol. The van der Waals surface area contributed by atoms with Gasteiger partial charge in [0, 0.05) is 37.6 Å². The zero-order valence-electron chi connectivity index (χ0n) is 13.2. The van der Waals surface area contributed by atoms with Crippen LogP contribution in [0.3, 0.4) is 0 Å². The van der Waals surface area contributed by atoms with E-state index in [1.807, 2.05) is 18.4 Å². The monoisotopic (exact) mass is 337 g/mol. The van der Waals surface area contributed by atoms with Gasteiger partial charge >= 0.3 is 6.09 Å². The molecule has 0 aromatic heterocycles. The molecule has 1 amide bonds. The van der Waals surface area contributed by atoms with Gasteiger partial charge in [-0.25, -0.2) is 4.79 Å². The first kappa shape index (κ1) is 17.8. The number of nitrogens with zero attached hydrogens (tertiary/aromatic N) is 2. The summed E-state index contributed by atoms with van der Waals surface area (Å²) in [5.74, 6) is 0. The highest BCUT2D eigenvalue weighted by Crippen LogP contribution is 2.12. The smallest absolute Gasteiger partial charge is 0.410 e. The molecule has 0 atom stereocenters. The van der Waals surface area contributed by atoms with Crippen LogP contribution in [0.2, 0.25) is 5.02 Å². The minimum absolute atomic E-state index is 0.238. The number of carbonyl (C=O) groups is 1. The van der Waals surface area contributed by atoms with Crippen molar-refractivity contribution in [1.82, 2.24) is 9.80 Å². The van der Waals surface area contributed by atoms with Crippen LogP contribution in [-0.2, 0) is 16.1 Å². The minimum Gasteiger partial charge on any atom is -0.445 e. The lowest BCUT2D eigenvalue weighted by Gasteiger charge is -2.34. The van der Waals surface area contributed by atoms with Crippen LogP contribution in [0.25, 0.3) is 0 Å². The number of rotatable bonds is 7. The molecule has 1 aromatic rings. The van der Waals surface area contributed by atoms with Crippen molar-refractivity contribution in [3.8, 4) is 0 Å². The summed E-state index contributed by atoms with van der Waals surface area (Å²) in [6.45, 7) is 4.24. The first-order chi connectivity index (χ1) is 11.2. The Bertz CT molecular complexity index is 516. The highest BCUT2D eigenvalue weighted by Gasteiger charge is 2.21. The van der Waals surface area contributed by atoms with E-state index in [9.17, 15) is 9.59 Å². The lowest BCUT2D eigenvalue weighted by atomic mass is 10.2. The van der Waals surface area contributed by atoms with Crippen LogP contribution < -0.4 is 0 Å². The predicted octanol–water partition coefficient (Wildman–Crippen LogP) is 2.87. The third kappa shape index (κ3) is 6.20. The maximum atomic E-state index is 12.1. The number of piperazine rings is 1. The number of benzene rings is 1. The summed E-state index contributed by atoms with van der Waals surface area (Å²) >= 11 is 5.91. The zero-order chi connectivity index (χ0) is 16.5.